The van der Waals surface area contributed by atoms with Gasteiger partial charge in [-0.05, 0) is 44.4 Å². The van der Waals surface area contributed by atoms with Gasteiger partial charge in [0.1, 0.15) is 0 Å². The summed E-state index contributed by atoms with van der Waals surface area (Å²) in [6, 6.07) is 7.72. The minimum atomic E-state index is -0.120. The van der Waals surface area contributed by atoms with Gasteiger partial charge in [-0.3, -0.25) is 4.99 Å². The van der Waals surface area contributed by atoms with E-state index in [1.165, 1.54) is 0 Å². The molecule has 2 N–H and O–H groups in total. The smallest absolute Gasteiger partial charge is 0.191 e. The van der Waals surface area contributed by atoms with Crippen molar-refractivity contribution in [2.45, 2.75) is 38.9 Å². The van der Waals surface area contributed by atoms with Crippen molar-refractivity contribution in [1.82, 2.24) is 10.6 Å². The van der Waals surface area contributed by atoms with E-state index >= 15 is 0 Å². The Balaban J connectivity index is 1.69. The average molecular weight is 354 g/mol. The van der Waals surface area contributed by atoms with Gasteiger partial charge < -0.3 is 20.1 Å². The zero-order valence-corrected chi connectivity index (χ0v) is 15.4. The van der Waals surface area contributed by atoms with Gasteiger partial charge >= 0.3 is 0 Å². The SMILES string of the molecule is CCNC(=NCC1(C)CCCO1)NCCOCc1cccc(Cl)c1. The van der Waals surface area contributed by atoms with Crippen LogP contribution in [-0.4, -0.2) is 44.4 Å². The van der Waals surface area contributed by atoms with E-state index in [2.05, 4.69) is 29.5 Å². The second-order valence-electron chi connectivity index (χ2n) is 6.21. The third kappa shape index (κ3) is 6.67. The van der Waals surface area contributed by atoms with Crippen LogP contribution in [0.25, 0.3) is 0 Å². The highest BCUT2D eigenvalue weighted by Gasteiger charge is 2.29. The van der Waals surface area contributed by atoms with Crippen molar-refractivity contribution in [1.29, 1.82) is 0 Å². The molecule has 134 valence electrons. The van der Waals surface area contributed by atoms with E-state index in [1.54, 1.807) is 0 Å². The third-order valence-corrected chi connectivity index (χ3v) is 4.15. The Labute approximate surface area is 149 Å². The van der Waals surface area contributed by atoms with E-state index in [4.69, 9.17) is 21.1 Å². The van der Waals surface area contributed by atoms with E-state index in [9.17, 15) is 0 Å². The lowest BCUT2D eigenvalue weighted by atomic mass is 10.0. The fourth-order valence-electron chi connectivity index (χ4n) is 2.61. The molecule has 1 heterocycles. The van der Waals surface area contributed by atoms with Crippen LogP contribution in [0.4, 0.5) is 0 Å². The largest absolute Gasteiger partial charge is 0.375 e. The minimum absolute atomic E-state index is 0.120. The number of guanidine groups is 1. The Morgan fingerprint density at radius 2 is 2.29 bits per heavy atom. The van der Waals surface area contributed by atoms with Crippen molar-refractivity contribution in [3.05, 3.63) is 34.9 Å². The van der Waals surface area contributed by atoms with Crippen LogP contribution >= 0.6 is 11.6 Å². The molecule has 1 aliphatic rings. The standard InChI is InChI=1S/C18H28ClN3O2/c1-3-20-17(22-14-18(2)8-5-10-24-18)21-9-11-23-13-15-6-4-7-16(19)12-15/h4,6-7,12H,3,5,8-11,13-14H2,1-2H3,(H2,20,21,22). The Kier molecular flexibility index (Phi) is 7.82. The second-order valence-corrected chi connectivity index (χ2v) is 6.64. The molecule has 1 fully saturated rings. The van der Waals surface area contributed by atoms with E-state index in [-0.39, 0.29) is 5.60 Å². The monoisotopic (exact) mass is 353 g/mol. The van der Waals surface area contributed by atoms with E-state index < -0.39 is 0 Å². The predicted octanol–water partition coefficient (Wildman–Crippen LogP) is 2.98. The molecule has 5 nitrogen and oxygen atoms in total. The van der Waals surface area contributed by atoms with Crippen molar-refractivity contribution in [2.75, 3.05) is 32.8 Å². The lowest BCUT2D eigenvalue weighted by Gasteiger charge is -2.21. The number of halogens is 1. The molecule has 1 atom stereocenters. The van der Waals surface area contributed by atoms with Crippen LogP contribution < -0.4 is 10.6 Å². The van der Waals surface area contributed by atoms with Gasteiger partial charge in [-0.15, -0.1) is 0 Å². The highest BCUT2D eigenvalue weighted by molar-refractivity contribution is 6.30. The van der Waals surface area contributed by atoms with Gasteiger partial charge in [0.15, 0.2) is 5.96 Å². The van der Waals surface area contributed by atoms with Crippen LogP contribution in [0.3, 0.4) is 0 Å². The molecule has 0 aliphatic carbocycles. The van der Waals surface area contributed by atoms with Gasteiger partial charge in [-0.1, -0.05) is 23.7 Å². The molecule has 1 unspecified atom stereocenters. The van der Waals surface area contributed by atoms with E-state index in [1.807, 2.05) is 24.3 Å². The summed E-state index contributed by atoms with van der Waals surface area (Å²) in [5.74, 6) is 0.806. The van der Waals surface area contributed by atoms with Crippen molar-refractivity contribution in [3.63, 3.8) is 0 Å². The summed E-state index contributed by atoms with van der Waals surface area (Å²) in [5, 5.41) is 7.28. The molecule has 0 saturated carbocycles. The highest BCUT2D eigenvalue weighted by atomic mass is 35.5. The maximum atomic E-state index is 5.96. The lowest BCUT2D eigenvalue weighted by Crippen LogP contribution is -2.40. The van der Waals surface area contributed by atoms with Crippen molar-refractivity contribution >= 4 is 17.6 Å². The second kappa shape index (κ2) is 9.87. The van der Waals surface area contributed by atoms with E-state index in [0.29, 0.717) is 26.3 Å². The lowest BCUT2D eigenvalue weighted by molar-refractivity contribution is 0.0283. The molecule has 2 rings (SSSR count). The topological polar surface area (TPSA) is 54.9 Å². The summed E-state index contributed by atoms with van der Waals surface area (Å²) in [7, 11) is 0. The number of hydrogen-bond acceptors (Lipinski definition) is 3. The first-order valence-electron chi connectivity index (χ1n) is 8.60. The number of ether oxygens (including phenoxy) is 2. The number of nitrogens with one attached hydrogen (secondary N) is 2. The first-order valence-corrected chi connectivity index (χ1v) is 8.97. The summed E-state index contributed by atoms with van der Waals surface area (Å²) in [6.07, 6.45) is 2.19. The number of benzene rings is 1. The quantitative estimate of drug-likeness (QED) is 0.428. The minimum Gasteiger partial charge on any atom is -0.375 e. The van der Waals surface area contributed by atoms with Crippen LogP contribution in [-0.2, 0) is 16.1 Å². The number of rotatable bonds is 8. The molecule has 1 saturated heterocycles. The fraction of sp³-hybridized carbons (Fsp3) is 0.611. The highest BCUT2D eigenvalue weighted by Crippen LogP contribution is 2.24. The van der Waals surface area contributed by atoms with E-state index in [0.717, 1.165) is 42.5 Å². The molecule has 1 aromatic rings. The molecule has 6 heteroatoms. The summed E-state index contributed by atoms with van der Waals surface area (Å²) >= 11 is 5.96. The Morgan fingerprint density at radius 3 is 3.00 bits per heavy atom. The zero-order chi connectivity index (χ0) is 17.3. The number of nitrogens with zero attached hydrogens (tertiary/aromatic N) is 1. The van der Waals surface area contributed by atoms with Crippen molar-refractivity contribution < 1.29 is 9.47 Å². The molecule has 24 heavy (non-hydrogen) atoms. The Morgan fingerprint density at radius 1 is 1.42 bits per heavy atom. The first-order chi connectivity index (χ1) is 11.6. The van der Waals surface area contributed by atoms with Crippen molar-refractivity contribution in [3.8, 4) is 0 Å². The molecule has 1 aromatic carbocycles. The van der Waals surface area contributed by atoms with Crippen LogP contribution in [0.15, 0.2) is 29.3 Å². The average Bonchev–Trinajstić information content (AvgIpc) is 2.99. The molecule has 1 aliphatic heterocycles. The normalized spacial score (nSPS) is 21.0. The summed E-state index contributed by atoms with van der Waals surface area (Å²) in [4.78, 5) is 4.63. The Bertz CT molecular complexity index is 531. The first kappa shape index (κ1) is 19.0. The fourth-order valence-corrected chi connectivity index (χ4v) is 2.82. The van der Waals surface area contributed by atoms with Crippen LogP contribution in [0, 0.1) is 0 Å². The third-order valence-electron chi connectivity index (χ3n) is 3.91. The molecule has 0 radical (unpaired) electrons. The summed E-state index contributed by atoms with van der Waals surface area (Å²) in [5.41, 5.74) is 0.959. The molecular formula is C18H28ClN3O2. The van der Waals surface area contributed by atoms with Gasteiger partial charge in [0.2, 0.25) is 0 Å². The maximum absolute atomic E-state index is 5.96. The number of hydrogen-bond donors (Lipinski definition) is 2. The summed E-state index contributed by atoms with van der Waals surface area (Å²) < 4.78 is 11.4. The predicted molar refractivity (Wildman–Crippen MR) is 98.7 cm³/mol. The summed E-state index contributed by atoms with van der Waals surface area (Å²) in [6.45, 7) is 8.38. The van der Waals surface area contributed by atoms with Crippen LogP contribution in [0.5, 0.6) is 0 Å². The van der Waals surface area contributed by atoms with Crippen LogP contribution in [0.1, 0.15) is 32.3 Å². The van der Waals surface area contributed by atoms with Gasteiger partial charge in [0.25, 0.3) is 0 Å². The molecular weight excluding hydrogens is 326 g/mol. The maximum Gasteiger partial charge on any atom is 0.191 e. The van der Waals surface area contributed by atoms with Crippen molar-refractivity contribution in [2.24, 2.45) is 4.99 Å². The number of aliphatic imine (C=N–C) groups is 1. The van der Waals surface area contributed by atoms with Gasteiger partial charge in [-0.2, -0.15) is 0 Å². The zero-order valence-electron chi connectivity index (χ0n) is 14.6. The van der Waals surface area contributed by atoms with Gasteiger partial charge in [-0.25, -0.2) is 0 Å². The molecule has 0 bridgehead atoms. The molecule has 0 amide bonds. The molecule has 0 spiro atoms. The van der Waals surface area contributed by atoms with Gasteiger partial charge in [0.05, 0.1) is 25.4 Å². The van der Waals surface area contributed by atoms with Crippen LogP contribution in [0.2, 0.25) is 5.02 Å². The molecule has 0 aromatic heterocycles. The Hall–Kier alpha value is -1.30. The van der Waals surface area contributed by atoms with Gasteiger partial charge in [0, 0.05) is 24.7 Å².